The van der Waals surface area contributed by atoms with Crippen molar-refractivity contribution in [3.05, 3.63) is 40.7 Å². The number of hydrogen-bond donors (Lipinski definition) is 1. The molecule has 1 aliphatic carbocycles. The van der Waals surface area contributed by atoms with E-state index in [4.69, 9.17) is 0 Å². The Bertz CT molecular complexity index is 904. The summed E-state index contributed by atoms with van der Waals surface area (Å²) in [7, 11) is 0. The molecular formula is C21H27N5O3. The number of anilines is 1. The van der Waals surface area contributed by atoms with Gasteiger partial charge in [-0.1, -0.05) is 12.8 Å². The third-order valence-electron chi connectivity index (χ3n) is 6.25. The molecule has 2 aromatic rings. The first-order valence-corrected chi connectivity index (χ1v) is 10.3. The summed E-state index contributed by atoms with van der Waals surface area (Å²) < 4.78 is 0. The van der Waals surface area contributed by atoms with Crippen LogP contribution in [0.5, 0.6) is 0 Å². The number of rotatable bonds is 5. The summed E-state index contributed by atoms with van der Waals surface area (Å²) in [4.78, 5) is 32.1. The van der Waals surface area contributed by atoms with Crippen LogP contribution in [0.2, 0.25) is 0 Å². The quantitative estimate of drug-likeness (QED) is 0.616. The molecule has 0 radical (unpaired) electrons. The van der Waals surface area contributed by atoms with Crippen LogP contribution in [0.1, 0.15) is 32.6 Å². The standard InChI is InChI=1S/C21H27N5O3/c1-15(21(27)23-16-4-2-3-5-16)24-10-12-25(13-11-24)19-6-7-20(26(28)29)18-14-22-9-8-17(18)19/h6-9,14-16H,2-5,10-13H2,1H3,(H,23,27)/t15-/m0/s1. The fourth-order valence-corrected chi connectivity index (χ4v) is 4.50. The zero-order valence-electron chi connectivity index (χ0n) is 16.7. The van der Waals surface area contributed by atoms with Crippen molar-refractivity contribution in [1.82, 2.24) is 15.2 Å². The van der Waals surface area contributed by atoms with Crippen molar-refractivity contribution in [1.29, 1.82) is 0 Å². The van der Waals surface area contributed by atoms with E-state index >= 15 is 0 Å². The van der Waals surface area contributed by atoms with Gasteiger partial charge in [-0.05, 0) is 31.9 Å². The van der Waals surface area contributed by atoms with Gasteiger partial charge in [0.05, 0.1) is 16.4 Å². The van der Waals surface area contributed by atoms with Crippen LogP contribution in [0.15, 0.2) is 30.6 Å². The van der Waals surface area contributed by atoms with E-state index in [0.29, 0.717) is 11.4 Å². The van der Waals surface area contributed by atoms with Gasteiger partial charge in [0, 0.05) is 61.8 Å². The topological polar surface area (TPSA) is 91.6 Å². The second kappa shape index (κ2) is 8.32. The number of carbonyl (C=O) groups is 1. The molecule has 8 heteroatoms. The predicted octanol–water partition coefficient (Wildman–Crippen LogP) is 2.71. The molecule has 1 aromatic heterocycles. The third-order valence-corrected chi connectivity index (χ3v) is 6.25. The molecule has 1 aromatic carbocycles. The fourth-order valence-electron chi connectivity index (χ4n) is 4.50. The average molecular weight is 397 g/mol. The summed E-state index contributed by atoms with van der Waals surface area (Å²) in [6.45, 7) is 5.09. The monoisotopic (exact) mass is 397 g/mol. The number of carbonyl (C=O) groups excluding carboxylic acids is 1. The van der Waals surface area contributed by atoms with E-state index in [1.807, 2.05) is 19.1 Å². The van der Waals surface area contributed by atoms with Gasteiger partial charge in [-0.25, -0.2) is 0 Å². The first kappa shape index (κ1) is 19.6. The van der Waals surface area contributed by atoms with E-state index in [-0.39, 0.29) is 22.6 Å². The minimum Gasteiger partial charge on any atom is -0.368 e. The van der Waals surface area contributed by atoms with Crippen LogP contribution >= 0.6 is 0 Å². The van der Waals surface area contributed by atoms with Gasteiger partial charge in [-0.15, -0.1) is 0 Å². The molecule has 2 heterocycles. The molecule has 1 aliphatic heterocycles. The minimum atomic E-state index is -0.365. The number of piperazine rings is 1. The van der Waals surface area contributed by atoms with E-state index in [1.54, 1.807) is 18.5 Å². The molecule has 1 saturated heterocycles. The van der Waals surface area contributed by atoms with Crippen molar-refractivity contribution >= 4 is 28.1 Å². The Kier molecular flexibility index (Phi) is 5.62. The summed E-state index contributed by atoms with van der Waals surface area (Å²) in [6.07, 6.45) is 7.82. The minimum absolute atomic E-state index is 0.0766. The number of nitrogens with zero attached hydrogens (tertiary/aromatic N) is 4. The summed E-state index contributed by atoms with van der Waals surface area (Å²) in [5.41, 5.74) is 1.06. The summed E-state index contributed by atoms with van der Waals surface area (Å²) in [5.74, 6) is 0.122. The molecule has 154 valence electrons. The van der Waals surface area contributed by atoms with Gasteiger partial charge in [0.25, 0.3) is 5.69 Å². The maximum absolute atomic E-state index is 12.6. The largest absolute Gasteiger partial charge is 0.368 e. The molecule has 2 aliphatic rings. The highest BCUT2D eigenvalue weighted by atomic mass is 16.6. The van der Waals surface area contributed by atoms with Gasteiger partial charge >= 0.3 is 0 Å². The number of fused-ring (bicyclic) bond motifs is 1. The molecule has 0 bridgehead atoms. The van der Waals surface area contributed by atoms with Gasteiger partial charge < -0.3 is 10.2 Å². The molecule has 0 unspecified atom stereocenters. The zero-order valence-corrected chi connectivity index (χ0v) is 16.7. The summed E-state index contributed by atoms with van der Waals surface area (Å²) in [5, 5.41) is 15.9. The third kappa shape index (κ3) is 4.03. The number of nitro benzene ring substituents is 1. The number of hydrogen-bond acceptors (Lipinski definition) is 6. The average Bonchev–Trinajstić information content (AvgIpc) is 3.25. The van der Waals surface area contributed by atoms with Gasteiger partial charge in [0.15, 0.2) is 0 Å². The van der Waals surface area contributed by atoms with Crippen LogP contribution in [0.25, 0.3) is 10.8 Å². The first-order valence-electron chi connectivity index (χ1n) is 10.3. The Morgan fingerprint density at radius 2 is 1.90 bits per heavy atom. The van der Waals surface area contributed by atoms with Gasteiger partial charge in [0.2, 0.25) is 5.91 Å². The number of pyridine rings is 1. The van der Waals surface area contributed by atoms with Crippen molar-refractivity contribution in [2.45, 2.75) is 44.7 Å². The molecule has 8 nitrogen and oxygen atoms in total. The number of nitro groups is 1. The smallest absolute Gasteiger partial charge is 0.278 e. The molecule has 4 rings (SSSR count). The highest BCUT2D eigenvalue weighted by molar-refractivity contribution is 5.99. The summed E-state index contributed by atoms with van der Waals surface area (Å²) >= 11 is 0. The van der Waals surface area contributed by atoms with Gasteiger partial charge in [-0.3, -0.25) is 24.8 Å². The van der Waals surface area contributed by atoms with Crippen LogP contribution in [0, 0.1) is 10.1 Å². The number of aromatic nitrogens is 1. The molecule has 2 fully saturated rings. The fraction of sp³-hybridized carbons (Fsp3) is 0.524. The number of nitrogens with one attached hydrogen (secondary N) is 1. The van der Waals surface area contributed by atoms with E-state index in [9.17, 15) is 14.9 Å². The Morgan fingerprint density at radius 1 is 1.17 bits per heavy atom. The van der Waals surface area contributed by atoms with E-state index < -0.39 is 0 Å². The van der Waals surface area contributed by atoms with E-state index in [0.717, 1.165) is 50.1 Å². The van der Waals surface area contributed by atoms with Gasteiger partial charge in [0.1, 0.15) is 0 Å². The predicted molar refractivity (Wildman–Crippen MR) is 112 cm³/mol. The van der Waals surface area contributed by atoms with Crippen molar-refractivity contribution in [3.8, 4) is 0 Å². The van der Waals surface area contributed by atoms with Crippen molar-refractivity contribution in [3.63, 3.8) is 0 Å². The molecule has 1 amide bonds. The van der Waals surface area contributed by atoms with Crippen molar-refractivity contribution in [2.75, 3.05) is 31.1 Å². The van der Waals surface area contributed by atoms with E-state index in [1.165, 1.54) is 12.8 Å². The zero-order chi connectivity index (χ0) is 20.4. The Balaban J connectivity index is 1.44. The molecule has 29 heavy (non-hydrogen) atoms. The maximum Gasteiger partial charge on any atom is 0.278 e. The molecule has 0 spiro atoms. The highest BCUT2D eigenvalue weighted by Crippen LogP contribution is 2.33. The van der Waals surface area contributed by atoms with Crippen LogP contribution in [-0.4, -0.2) is 59.0 Å². The lowest BCUT2D eigenvalue weighted by atomic mass is 10.1. The number of amides is 1. The van der Waals surface area contributed by atoms with E-state index in [2.05, 4.69) is 20.1 Å². The normalized spacial score (nSPS) is 19.4. The van der Waals surface area contributed by atoms with Crippen molar-refractivity contribution in [2.24, 2.45) is 0 Å². The van der Waals surface area contributed by atoms with Gasteiger partial charge in [-0.2, -0.15) is 0 Å². The lowest BCUT2D eigenvalue weighted by Gasteiger charge is -2.39. The van der Waals surface area contributed by atoms with Crippen LogP contribution in [0.4, 0.5) is 11.4 Å². The summed E-state index contributed by atoms with van der Waals surface area (Å²) in [6, 6.07) is 5.42. The van der Waals surface area contributed by atoms with Crippen LogP contribution < -0.4 is 10.2 Å². The van der Waals surface area contributed by atoms with Crippen molar-refractivity contribution < 1.29 is 9.72 Å². The molecule has 1 atom stereocenters. The van der Waals surface area contributed by atoms with Crippen LogP contribution in [0.3, 0.4) is 0 Å². The SMILES string of the molecule is C[C@@H](C(=O)NC1CCCC1)N1CCN(c2ccc([N+](=O)[O-])c3cnccc23)CC1. The lowest BCUT2D eigenvalue weighted by Crippen LogP contribution is -2.54. The Hall–Kier alpha value is -2.74. The first-order chi connectivity index (χ1) is 14.0. The Labute approximate surface area is 170 Å². The number of benzene rings is 1. The molecular weight excluding hydrogens is 370 g/mol. The second-order valence-corrected chi connectivity index (χ2v) is 7.97. The molecule has 1 N–H and O–H groups in total. The highest BCUT2D eigenvalue weighted by Gasteiger charge is 2.28. The number of non-ortho nitro benzene ring substituents is 1. The maximum atomic E-state index is 12.6. The molecule has 1 saturated carbocycles. The van der Waals surface area contributed by atoms with Crippen LogP contribution in [-0.2, 0) is 4.79 Å². The lowest BCUT2D eigenvalue weighted by molar-refractivity contribution is -0.383. The Morgan fingerprint density at radius 3 is 2.59 bits per heavy atom. The second-order valence-electron chi connectivity index (χ2n) is 7.97.